The Morgan fingerprint density at radius 2 is 1.79 bits per heavy atom. The zero-order valence-electron chi connectivity index (χ0n) is 17.6. The molecule has 0 aliphatic heterocycles. The number of aromatic nitrogens is 7. The Hall–Kier alpha value is -4.73. The maximum absolute atomic E-state index is 13.1. The third-order valence-electron chi connectivity index (χ3n) is 5.17. The standard InChI is InChI=1S/C23H19N9O/c1-13(16-8-5-11-25-29-16)26-23(33)21-22(24)28-19(14-6-3-2-4-7-14)20(27-21)15-9-10-17-18(12-15)31-32-30-17/h2-13H,1H3,(H2,24,28)(H,26,33)(H,30,31,32). The maximum Gasteiger partial charge on any atom is 0.274 e. The van der Waals surface area contributed by atoms with E-state index in [1.54, 1.807) is 18.3 Å². The Morgan fingerprint density at radius 1 is 0.970 bits per heavy atom. The Balaban J connectivity index is 1.59. The highest BCUT2D eigenvalue weighted by Gasteiger charge is 2.22. The fraction of sp³-hybridized carbons (Fsp3) is 0.0870. The molecule has 10 nitrogen and oxygen atoms in total. The molecule has 3 heterocycles. The molecule has 0 bridgehead atoms. The van der Waals surface area contributed by atoms with Gasteiger partial charge in [-0.05, 0) is 31.2 Å². The number of anilines is 1. The third-order valence-corrected chi connectivity index (χ3v) is 5.17. The van der Waals surface area contributed by atoms with Crippen molar-refractivity contribution in [2.75, 3.05) is 5.73 Å². The van der Waals surface area contributed by atoms with Gasteiger partial charge in [0.1, 0.15) is 5.52 Å². The third kappa shape index (κ3) is 3.97. The molecule has 0 saturated heterocycles. The number of H-pyrrole nitrogens is 1. The molecule has 1 atom stereocenters. The highest BCUT2D eigenvalue weighted by molar-refractivity contribution is 5.98. The van der Waals surface area contributed by atoms with Crippen LogP contribution in [-0.2, 0) is 0 Å². The van der Waals surface area contributed by atoms with E-state index in [1.807, 2.05) is 55.5 Å². The lowest BCUT2D eigenvalue weighted by Crippen LogP contribution is -2.29. The largest absolute Gasteiger partial charge is 0.382 e. The van der Waals surface area contributed by atoms with Gasteiger partial charge in [-0.2, -0.15) is 10.2 Å². The van der Waals surface area contributed by atoms with E-state index >= 15 is 0 Å². The van der Waals surface area contributed by atoms with E-state index in [0.717, 1.165) is 22.2 Å². The normalized spacial score (nSPS) is 11.9. The quantitative estimate of drug-likeness (QED) is 0.380. The molecule has 162 valence electrons. The molecule has 0 saturated carbocycles. The summed E-state index contributed by atoms with van der Waals surface area (Å²) in [5.74, 6) is -0.422. The number of aromatic amines is 1. The number of rotatable bonds is 5. The number of carbonyl (C=O) groups excluding carboxylic acids is 1. The molecular weight excluding hydrogens is 418 g/mol. The second kappa shape index (κ2) is 8.42. The number of amides is 1. The summed E-state index contributed by atoms with van der Waals surface area (Å²) in [6.45, 7) is 1.81. The number of nitrogens with two attached hydrogens (primary N) is 1. The van der Waals surface area contributed by atoms with E-state index < -0.39 is 11.9 Å². The van der Waals surface area contributed by atoms with Gasteiger partial charge in [-0.1, -0.05) is 41.6 Å². The van der Waals surface area contributed by atoms with Crippen molar-refractivity contribution >= 4 is 22.8 Å². The smallest absolute Gasteiger partial charge is 0.274 e. The number of fused-ring (bicyclic) bond motifs is 1. The zero-order valence-corrected chi connectivity index (χ0v) is 17.6. The van der Waals surface area contributed by atoms with Gasteiger partial charge >= 0.3 is 0 Å². The highest BCUT2D eigenvalue weighted by atomic mass is 16.2. The zero-order chi connectivity index (χ0) is 22.8. The molecule has 1 amide bonds. The second-order valence-electron chi connectivity index (χ2n) is 7.41. The lowest BCUT2D eigenvalue weighted by Gasteiger charge is -2.15. The van der Waals surface area contributed by atoms with Crippen molar-refractivity contribution in [2.45, 2.75) is 13.0 Å². The number of hydrogen-bond acceptors (Lipinski definition) is 8. The molecule has 3 aromatic heterocycles. The van der Waals surface area contributed by atoms with Crippen LogP contribution in [0.2, 0.25) is 0 Å². The van der Waals surface area contributed by atoms with Crippen LogP contribution in [0.25, 0.3) is 33.5 Å². The summed E-state index contributed by atoms with van der Waals surface area (Å²) in [4.78, 5) is 22.3. The molecule has 0 radical (unpaired) electrons. The van der Waals surface area contributed by atoms with Crippen LogP contribution in [0.1, 0.15) is 29.1 Å². The average Bonchev–Trinajstić information content (AvgIpc) is 3.33. The van der Waals surface area contributed by atoms with Crippen molar-refractivity contribution in [1.82, 2.24) is 40.9 Å². The van der Waals surface area contributed by atoms with Gasteiger partial charge in [-0.25, -0.2) is 9.97 Å². The first kappa shape index (κ1) is 20.2. The molecule has 4 N–H and O–H groups in total. The summed E-state index contributed by atoms with van der Waals surface area (Å²) < 4.78 is 0. The van der Waals surface area contributed by atoms with Gasteiger partial charge in [0.05, 0.1) is 28.6 Å². The summed E-state index contributed by atoms with van der Waals surface area (Å²) in [5, 5.41) is 21.5. The van der Waals surface area contributed by atoms with Crippen LogP contribution in [0.3, 0.4) is 0 Å². The minimum absolute atomic E-state index is 0.0308. The molecule has 10 heteroatoms. The van der Waals surface area contributed by atoms with Crippen LogP contribution in [0, 0.1) is 0 Å². The molecule has 0 aliphatic carbocycles. The van der Waals surface area contributed by atoms with Crippen LogP contribution in [0.4, 0.5) is 5.82 Å². The van der Waals surface area contributed by atoms with Crippen molar-refractivity contribution < 1.29 is 4.79 Å². The van der Waals surface area contributed by atoms with Crippen LogP contribution < -0.4 is 11.1 Å². The maximum atomic E-state index is 13.1. The Morgan fingerprint density at radius 3 is 2.58 bits per heavy atom. The Bertz CT molecular complexity index is 1430. The average molecular weight is 437 g/mol. The summed E-state index contributed by atoms with van der Waals surface area (Å²) in [6, 6.07) is 18.3. The van der Waals surface area contributed by atoms with Gasteiger partial charge < -0.3 is 11.1 Å². The molecule has 0 aliphatic rings. The molecule has 5 aromatic rings. The van der Waals surface area contributed by atoms with Gasteiger partial charge in [-0.15, -0.1) is 5.10 Å². The van der Waals surface area contributed by atoms with Crippen LogP contribution >= 0.6 is 0 Å². The Kier molecular flexibility index (Phi) is 5.15. The molecule has 0 fully saturated rings. The Labute approximate surface area is 188 Å². The number of carbonyl (C=O) groups is 1. The van der Waals surface area contributed by atoms with Crippen molar-refractivity contribution in [1.29, 1.82) is 0 Å². The number of nitrogens with one attached hydrogen (secondary N) is 2. The number of benzene rings is 2. The highest BCUT2D eigenvalue weighted by Crippen LogP contribution is 2.32. The molecule has 1 unspecified atom stereocenters. The van der Waals surface area contributed by atoms with Crippen molar-refractivity contribution in [3.8, 4) is 22.5 Å². The van der Waals surface area contributed by atoms with Crippen LogP contribution in [-0.4, -0.2) is 41.5 Å². The lowest BCUT2D eigenvalue weighted by molar-refractivity contribution is 0.0934. The van der Waals surface area contributed by atoms with Gasteiger partial charge in [0.25, 0.3) is 5.91 Å². The lowest BCUT2D eigenvalue weighted by atomic mass is 10.0. The first-order chi connectivity index (χ1) is 16.1. The van der Waals surface area contributed by atoms with Crippen molar-refractivity contribution in [3.05, 3.63) is 78.2 Å². The first-order valence-electron chi connectivity index (χ1n) is 10.2. The molecular formula is C23H19N9O. The van der Waals surface area contributed by atoms with Crippen molar-refractivity contribution in [3.63, 3.8) is 0 Å². The van der Waals surface area contributed by atoms with Crippen molar-refractivity contribution in [2.24, 2.45) is 0 Å². The second-order valence-corrected chi connectivity index (χ2v) is 7.41. The van der Waals surface area contributed by atoms with Gasteiger partial charge in [0.15, 0.2) is 11.5 Å². The molecule has 0 spiro atoms. The van der Waals surface area contributed by atoms with Gasteiger partial charge in [0, 0.05) is 17.3 Å². The minimum atomic E-state index is -0.455. The van der Waals surface area contributed by atoms with Gasteiger partial charge in [0.2, 0.25) is 0 Å². The van der Waals surface area contributed by atoms with E-state index in [4.69, 9.17) is 5.73 Å². The molecule has 2 aromatic carbocycles. The summed E-state index contributed by atoms with van der Waals surface area (Å²) in [6.07, 6.45) is 1.57. The predicted molar refractivity (Wildman–Crippen MR) is 123 cm³/mol. The molecule has 5 rings (SSSR count). The molecule has 33 heavy (non-hydrogen) atoms. The number of hydrogen-bond donors (Lipinski definition) is 3. The van der Waals surface area contributed by atoms with E-state index in [0.29, 0.717) is 17.1 Å². The summed E-state index contributed by atoms with van der Waals surface area (Å²) in [7, 11) is 0. The number of nitrogens with zero attached hydrogens (tertiary/aromatic N) is 6. The first-order valence-corrected chi connectivity index (χ1v) is 10.2. The number of nitrogen functional groups attached to an aromatic ring is 1. The fourth-order valence-corrected chi connectivity index (χ4v) is 3.49. The summed E-state index contributed by atoms with van der Waals surface area (Å²) >= 11 is 0. The van der Waals surface area contributed by atoms with Gasteiger partial charge in [-0.3, -0.25) is 9.89 Å². The van der Waals surface area contributed by atoms with E-state index in [2.05, 4.69) is 40.9 Å². The SMILES string of the molecule is CC(NC(=O)c1nc(-c2ccc3nn[nH]c3c2)c(-c2ccccc2)nc1N)c1cccnn1. The minimum Gasteiger partial charge on any atom is -0.382 e. The van der Waals surface area contributed by atoms with Crippen LogP contribution in [0.15, 0.2) is 66.9 Å². The van der Waals surface area contributed by atoms with E-state index in [-0.39, 0.29) is 11.5 Å². The predicted octanol–water partition coefficient (Wildman–Crippen LogP) is 2.95. The topological polar surface area (TPSA) is 148 Å². The van der Waals surface area contributed by atoms with Crippen LogP contribution in [0.5, 0.6) is 0 Å². The van der Waals surface area contributed by atoms with E-state index in [1.165, 1.54) is 0 Å². The van der Waals surface area contributed by atoms with E-state index in [9.17, 15) is 4.79 Å². The fourth-order valence-electron chi connectivity index (χ4n) is 3.49. The monoisotopic (exact) mass is 437 g/mol. The summed E-state index contributed by atoms with van der Waals surface area (Å²) in [5.41, 5.74) is 11.0.